The Morgan fingerprint density at radius 2 is 1.76 bits per heavy atom. The van der Waals surface area contributed by atoms with Crippen LogP contribution in [0.4, 0.5) is 11.4 Å². The lowest BCUT2D eigenvalue weighted by Crippen LogP contribution is -2.48. The van der Waals surface area contributed by atoms with Gasteiger partial charge >= 0.3 is 0 Å². The number of aromatic nitrogens is 1. The maximum Gasteiger partial charge on any atom is 0.234 e. The van der Waals surface area contributed by atoms with Crippen LogP contribution in [0, 0.1) is 0 Å². The molecule has 0 bridgehead atoms. The van der Waals surface area contributed by atoms with Gasteiger partial charge in [0.1, 0.15) is 0 Å². The third-order valence-corrected chi connectivity index (χ3v) is 7.67. The molecule has 3 aromatic rings. The molecule has 1 aromatic heterocycles. The van der Waals surface area contributed by atoms with Crippen molar-refractivity contribution >= 4 is 57.9 Å². The highest BCUT2D eigenvalue weighted by Crippen LogP contribution is 2.29. The maximum absolute atomic E-state index is 12.4. The summed E-state index contributed by atoms with van der Waals surface area (Å²) in [7, 11) is 0. The van der Waals surface area contributed by atoms with Gasteiger partial charge in [-0.15, -0.1) is 11.3 Å². The Bertz CT molecular complexity index is 1090. The van der Waals surface area contributed by atoms with Crippen LogP contribution < -0.4 is 10.2 Å². The molecule has 2 aromatic carbocycles. The zero-order valence-corrected chi connectivity index (χ0v) is 20.7. The Labute approximate surface area is 207 Å². The minimum Gasteiger partial charge on any atom is -0.368 e. The summed E-state index contributed by atoms with van der Waals surface area (Å²) in [6, 6.07) is 15.4. The first-order valence-electron chi connectivity index (χ1n) is 10.8. The third kappa shape index (κ3) is 6.28. The number of nitrogens with zero attached hydrogens (tertiary/aromatic N) is 3. The fraction of sp³-hybridized carbons (Fsp3) is 0.292. The van der Waals surface area contributed by atoms with Gasteiger partial charge in [0.15, 0.2) is 4.34 Å². The lowest BCUT2D eigenvalue weighted by atomic mass is 10.2. The van der Waals surface area contributed by atoms with Crippen LogP contribution in [0.1, 0.15) is 13.3 Å². The summed E-state index contributed by atoms with van der Waals surface area (Å²) < 4.78 is 0.853. The molecule has 0 aliphatic carbocycles. The van der Waals surface area contributed by atoms with Gasteiger partial charge in [-0.1, -0.05) is 42.4 Å². The molecule has 0 radical (unpaired) electrons. The van der Waals surface area contributed by atoms with Gasteiger partial charge in [0.2, 0.25) is 11.8 Å². The van der Waals surface area contributed by atoms with E-state index >= 15 is 0 Å². The second-order valence-corrected chi connectivity index (χ2v) is 10.1. The molecule has 1 saturated heterocycles. The molecular formula is C24H25ClN4O2S2. The van der Waals surface area contributed by atoms with Crippen molar-refractivity contribution in [2.75, 3.05) is 42.1 Å². The molecule has 1 fully saturated rings. The molecule has 0 saturated carbocycles. The minimum absolute atomic E-state index is 0.0670. The molecule has 9 heteroatoms. The van der Waals surface area contributed by atoms with Gasteiger partial charge in [-0.05, 0) is 36.4 Å². The van der Waals surface area contributed by atoms with Crippen molar-refractivity contribution in [3.63, 3.8) is 0 Å². The van der Waals surface area contributed by atoms with E-state index in [2.05, 4.69) is 15.2 Å². The minimum atomic E-state index is -0.0670. The topological polar surface area (TPSA) is 65.5 Å². The molecule has 2 amide bonds. The number of nitrogens with one attached hydrogen (secondary N) is 1. The Hall–Kier alpha value is -2.55. The molecule has 1 aliphatic rings. The van der Waals surface area contributed by atoms with E-state index in [4.69, 9.17) is 11.6 Å². The highest BCUT2D eigenvalue weighted by molar-refractivity contribution is 8.01. The fourth-order valence-corrected chi connectivity index (χ4v) is 5.36. The zero-order valence-electron chi connectivity index (χ0n) is 18.3. The van der Waals surface area contributed by atoms with Crippen molar-refractivity contribution in [3.05, 3.63) is 58.9 Å². The predicted molar refractivity (Wildman–Crippen MR) is 137 cm³/mol. The highest BCUT2D eigenvalue weighted by Gasteiger charge is 2.20. The molecular weight excluding hydrogens is 476 g/mol. The highest BCUT2D eigenvalue weighted by atomic mass is 35.5. The number of benzene rings is 2. The van der Waals surface area contributed by atoms with E-state index in [1.807, 2.05) is 65.7 Å². The van der Waals surface area contributed by atoms with Gasteiger partial charge < -0.3 is 15.1 Å². The average molecular weight is 501 g/mol. The summed E-state index contributed by atoms with van der Waals surface area (Å²) in [6.45, 7) is 5.04. The van der Waals surface area contributed by atoms with Crippen molar-refractivity contribution in [1.82, 2.24) is 9.88 Å². The van der Waals surface area contributed by atoms with E-state index in [1.165, 1.54) is 23.1 Å². The van der Waals surface area contributed by atoms with Crippen LogP contribution >= 0.6 is 34.7 Å². The maximum atomic E-state index is 12.4. The lowest BCUT2D eigenvalue weighted by Gasteiger charge is -2.36. The second kappa shape index (κ2) is 11.0. The van der Waals surface area contributed by atoms with Crippen molar-refractivity contribution in [1.29, 1.82) is 0 Å². The van der Waals surface area contributed by atoms with Crippen LogP contribution in [0.25, 0.3) is 11.3 Å². The number of piperazine rings is 1. The first kappa shape index (κ1) is 23.6. The van der Waals surface area contributed by atoms with Crippen LogP contribution in [-0.2, 0) is 9.59 Å². The van der Waals surface area contributed by atoms with Crippen LogP contribution in [0.15, 0.2) is 58.3 Å². The monoisotopic (exact) mass is 500 g/mol. The Morgan fingerprint density at radius 1 is 1.06 bits per heavy atom. The number of rotatable bonds is 7. The quantitative estimate of drug-likeness (QED) is 0.449. The van der Waals surface area contributed by atoms with Crippen LogP contribution in [0.3, 0.4) is 0 Å². The summed E-state index contributed by atoms with van der Waals surface area (Å²) in [6.07, 6.45) is 0.554. The Morgan fingerprint density at radius 3 is 2.42 bits per heavy atom. The molecule has 6 nitrogen and oxygen atoms in total. The number of hydrogen-bond donors (Lipinski definition) is 1. The van der Waals surface area contributed by atoms with Crippen molar-refractivity contribution in [2.24, 2.45) is 0 Å². The second-order valence-electron chi connectivity index (χ2n) is 7.61. The molecule has 172 valence electrons. The standard InChI is InChI=1S/C24H25ClN4O2S2/c1-2-23(31)29-13-11-28(12-14-29)20-9-7-19(8-10-20)26-22(30)16-33-24-27-21(15-32-24)17-3-5-18(25)6-4-17/h3-10,15H,2,11-14,16H2,1H3,(H,26,30). The Kier molecular flexibility index (Phi) is 7.90. The molecule has 2 heterocycles. The normalized spacial score (nSPS) is 13.8. The van der Waals surface area contributed by atoms with E-state index in [9.17, 15) is 9.59 Å². The number of carbonyl (C=O) groups is 2. The fourth-order valence-electron chi connectivity index (χ4n) is 3.59. The van der Waals surface area contributed by atoms with Gasteiger partial charge in [0, 0.05) is 59.9 Å². The van der Waals surface area contributed by atoms with Gasteiger partial charge in [0.05, 0.1) is 11.4 Å². The van der Waals surface area contributed by atoms with Crippen molar-refractivity contribution in [3.8, 4) is 11.3 Å². The molecule has 33 heavy (non-hydrogen) atoms. The first-order chi connectivity index (χ1) is 16.0. The average Bonchev–Trinajstić information content (AvgIpc) is 3.32. The number of anilines is 2. The van der Waals surface area contributed by atoms with Gasteiger partial charge in [-0.3, -0.25) is 9.59 Å². The smallest absolute Gasteiger partial charge is 0.234 e. The zero-order chi connectivity index (χ0) is 23.2. The Balaban J connectivity index is 1.25. The predicted octanol–water partition coefficient (Wildman–Crippen LogP) is 5.25. The first-order valence-corrected chi connectivity index (χ1v) is 13.0. The molecule has 4 rings (SSSR count). The number of hydrogen-bond acceptors (Lipinski definition) is 6. The van der Waals surface area contributed by atoms with Crippen molar-refractivity contribution in [2.45, 2.75) is 17.7 Å². The van der Waals surface area contributed by atoms with Crippen LogP contribution in [-0.4, -0.2) is 53.6 Å². The van der Waals surface area contributed by atoms with Gasteiger partial charge in [-0.25, -0.2) is 4.98 Å². The summed E-state index contributed by atoms with van der Waals surface area (Å²) in [5.41, 5.74) is 3.76. The van der Waals surface area contributed by atoms with Crippen molar-refractivity contribution < 1.29 is 9.59 Å². The van der Waals surface area contributed by atoms with E-state index in [1.54, 1.807) is 0 Å². The van der Waals surface area contributed by atoms with E-state index in [-0.39, 0.29) is 11.8 Å². The van der Waals surface area contributed by atoms with Gasteiger partial charge in [0.25, 0.3) is 0 Å². The summed E-state index contributed by atoms with van der Waals surface area (Å²) >= 11 is 8.89. The molecule has 0 spiro atoms. The number of thiazole rings is 1. The van der Waals surface area contributed by atoms with E-state index < -0.39 is 0 Å². The lowest BCUT2D eigenvalue weighted by molar-refractivity contribution is -0.131. The van der Waals surface area contributed by atoms with E-state index in [0.717, 1.165) is 53.2 Å². The number of thioether (sulfide) groups is 1. The summed E-state index contributed by atoms with van der Waals surface area (Å²) in [4.78, 5) is 33.0. The summed E-state index contributed by atoms with van der Waals surface area (Å²) in [5.74, 6) is 0.440. The SMILES string of the molecule is CCC(=O)N1CCN(c2ccc(NC(=O)CSc3nc(-c4ccc(Cl)cc4)cs3)cc2)CC1. The molecule has 1 N–H and O–H groups in total. The molecule has 0 atom stereocenters. The third-order valence-electron chi connectivity index (χ3n) is 5.40. The molecule has 1 aliphatic heterocycles. The molecule has 0 unspecified atom stereocenters. The van der Waals surface area contributed by atoms with Gasteiger partial charge in [-0.2, -0.15) is 0 Å². The summed E-state index contributed by atoms with van der Waals surface area (Å²) in [5, 5.41) is 5.63. The largest absolute Gasteiger partial charge is 0.368 e. The van der Waals surface area contributed by atoms with E-state index in [0.29, 0.717) is 17.2 Å². The van der Waals surface area contributed by atoms with Crippen LogP contribution in [0.5, 0.6) is 0 Å². The van der Waals surface area contributed by atoms with Crippen LogP contribution in [0.2, 0.25) is 5.02 Å². The number of amides is 2. The number of carbonyl (C=O) groups excluding carboxylic acids is 2. The number of halogens is 1.